The molecular weight excluding hydrogens is 651 g/mol. The van der Waals surface area contributed by atoms with Gasteiger partial charge in [-0.15, -0.1) is 0 Å². The van der Waals surface area contributed by atoms with Gasteiger partial charge < -0.3 is 21.1 Å². The maximum Gasteiger partial charge on any atom is 0.490 e. The number of hydrogen-bond donors (Lipinski definition) is 4. The van der Waals surface area contributed by atoms with E-state index in [1.807, 2.05) is 30.3 Å². The molecule has 1 amide bonds. The fraction of sp³-hybridized carbons (Fsp3) is 0.379. The second-order valence-corrected chi connectivity index (χ2v) is 13.4. The van der Waals surface area contributed by atoms with E-state index in [0.717, 1.165) is 34.6 Å². The van der Waals surface area contributed by atoms with Crippen LogP contribution in [0.2, 0.25) is 5.02 Å². The molecule has 1 fully saturated rings. The first-order valence-electron chi connectivity index (χ1n) is 14.2. The maximum absolute atomic E-state index is 13.1. The van der Waals surface area contributed by atoms with Gasteiger partial charge in [-0.3, -0.25) is 4.79 Å². The number of piperidine rings is 1. The van der Waals surface area contributed by atoms with Crippen LogP contribution >= 0.6 is 11.6 Å². The molecule has 2 aromatic carbocycles. The summed E-state index contributed by atoms with van der Waals surface area (Å²) in [6, 6.07) is 13.9. The number of carbonyl (C=O) groups excluding carboxylic acids is 1. The number of fused-ring (bicyclic) bond motifs is 6. The van der Waals surface area contributed by atoms with E-state index in [1.165, 1.54) is 22.7 Å². The number of benzene rings is 2. The SMILES string of the molecule is CN(C)S(=O)(=O)N1CCC(CC(=O)Nc2ccc3cc2CCc2cccc(c2)Nc2ncc(Cl)c(n2)N3)CC1.O=C(O)C(F)(F)F. The number of anilines is 5. The lowest BCUT2D eigenvalue weighted by Crippen LogP contribution is -2.44. The number of aryl methyl sites for hydroxylation is 2. The molecule has 6 bridgehead atoms. The van der Waals surface area contributed by atoms with Crippen LogP contribution in [-0.4, -0.2) is 77.3 Å². The van der Waals surface area contributed by atoms with Crippen molar-refractivity contribution in [3.05, 3.63) is 64.8 Å². The van der Waals surface area contributed by atoms with Gasteiger partial charge in [-0.2, -0.15) is 35.2 Å². The molecular formula is C29H33ClF3N7O5S. The molecule has 248 valence electrons. The molecule has 2 aliphatic rings. The largest absolute Gasteiger partial charge is 0.490 e. The Morgan fingerprint density at radius 2 is 1.76 bits per heavy atom. The normalized spacial score (nSPS) is 15.5. The molecule has 4 N–H and O–H groups in total. The fourth-order valence-electron chi connectivity index (χ4n) is 4.90. The van der Waals surface area contributed by atoms with Crippen molar-refractivity contribution >= 4 is 62.5 Å². The topological polar surface area (TPSA) is 157 Å². The molecule has 12 nitrogen and oxygen atoms in total. The molecule has 3 heterocycles. The lowest BCUT2D eigenvalue weighted by atomic mass is 9.94. The zero-order valence-electron chi connectivity index (χ0n) is 24.9. The van der Waals surface area contributed by atoms with Gasteiger partial charge in [-0.05, 0) is 73.1 Å². The van der Waals surface area contributed by atoms with E-state index in [-0.39, 0.29) is 11.8 Å². The molecule has 46 heavy (non-hydrogen) atoms. The molecule has 0 saturated carbocycles. The molecule has 2 aliphatic heterocycles. The Kier molecular flexibility index (Phi) is 11.1. The standard InChI is InChI=1S/C27H32ClN7O3S.C2HF3O2/c1-34(2)39(37,38)35-12-10-19(11-13-35)15-25(36)32-24-9-8-22-16-20(24)7-6-18-4-3-5-21(14-18)31-27-29-17-23(28)26(30-22)33-27;3-2(4,5)1(6)7/h3-5,8-9,14,16-17,19H,6-7,10-13,15H2,1-2H3,(H,32,36)(H2,29,30,31,33);(H,6,7). The monoisotopic (exact) mass is 683 g/mol. The van der Waals surface area contributed by atoms with Gasteiger partial charge in [0.05, 0.1) is 6.20 Å². The highest BCUT2D eigenvalue weighted by atomic mass is 35.5. The molecule has 0 unspecified atom stereocenters. The minimum Gasteiger partial charge on any atom is -0.475 e. The molecule has 1 saturated heterocycles. The number of aromatic nitrogens is 2. The number of halogens is 4. The summed E-state index contributed by atoms with van der Waals surface area (Å²) in [7, 11) is -0.353. The van der Waals surface area contributed by atoms with Crippen molar-refractivity contribution < 1.29 is 36.3 Å². The Balaban J connectivity index is 0.000000617. The van der Waals surface area contributed by atoms with Gasteiger partial charge in [0, 0.05) is 50.7 Å². The summed E-state index contributed by atoms with van der Waals surface area (Å²) in [6.07, 6.45) is -0.377. The summed E-state index contributed by atoms with van der Waals surface area (Å²) >= 11 is 6.36. The molecule has 1 aromatic heterocycles. The van der Waals surface area contributed by atoms with Crippen LogP contribution in [0.4, 0.5) is 42.0 Å². The van der Waals surface area contributed by atoms with Crippen LogP contribution in [0.3, 0.4) is 0 Å². The molecule has 0 atom stereocenters. The number of nitrogens with one attached hydrogen (secondary N) is 3. The van der Waals surface area contributed by atoms with Gasteiger partial charge in [0.2, 0.25) is 11.9 Å². The van der Waals surface area contributed by atoms with Gasteiger partial charge >= 0.3 is 12.1 Å². The van der Waals surface area contributed by atoms with Crippen molar-refractivity contribution in [1.29, 1.82) is 0 Å². The quantitative estimate of drug-likeness (QED) is 0.284. The first kappa shape index (κ1) is 34.9. The van der Waals surface area contributed by atoms with Crippen molar-refractivity contribution in [2.75, 3.05) is 43.1 Å². The summed E-state index contributed by atoms with van der Waals surface area (Å²) in [5, 5.41) is 17.1. The predicted octanol–water partition coefficient (Wildman–Crippen LogP) is 5.20. The van der Waals surface area contributed by atoms with Crippen LogP contribution in [0.1, 0.15) is 30.4 Å². The third kappa shape index (κ3) is 9.28. The number of carboxylic acids is 1. The number of carboxylic acid groups (broad SMARTS) is 1. The van der Waals surface area contributed by atoms with E-state index in [0.29, 0.717) is 55.6 Å². The van der Waals surface area contributed by atoms with Gasteiger partial charge in [-0.25, -0.2) is 9.78 Å². The zero-order valence-corrected chi connectivity index (χ0v) is 26.5. The third-order valence-electron chi connectivity index (χ3n) is 7.33. The molecule has 0 spiro atoms. The lowest BCUT2D eigenvalue weighted by molar-refractivity contribution is -0.192. The van der Waals surface area contributed by atoms with Crippen LogP contribution in [0.25, 0.3) is 0 Å². The van der Waals surface area contributed by atoms with Crippen LogP contribution in [0.5, 0.6) is 0 Å². The summed E-state index contributed by atoms with van der Waals surface area (Å²) in [5.41, 5.74) is 4.57. The van der Waals surface area contributed by atoms with Gasteiger partial charge in [0.25, 0.3) is 10.2 Å². The van der Waals surface area contributed by atoms with E-state index >= 15 is 0 Å². The van der Waals surface area contributed by atoms with Crippen molar-refractivity contribution in [2.45, 2.75) is 38.3 Å². The molecule has 3 aromatic rings. The van der Waals surface area contributed by atoms with E-state index in [9.17, 15) is 26.4 Å². The van der Waals surface area contributed by atoms with Gasteiger partial charge in [0.15, 0.2) is 5.82 Å². The lowest BCUT2D eigenvalue weighted by Gasteiger charge is -2.32. The summed E-state index contributed by atoms with van der Waals surface area (Å²) in [4.78, 5) is 30.8. The smallest absolute Gasteiger partial charge is 0.475 e. The highest BCUT2D eigenvalue weighted by Gasteiger charge is 2.38. The Bertz CT molecular complexity index is 1680. The number of nitrogens with zero attached hydrogens (tertiary/aromatic N) is 4. The number of hydrogen-bond acceptors (Lipinski definition) is 8. The number of amides is 1. The van der Waals surface area contributed by atoms with Crippen molar-refractivity contribution in [1.82, 2.24) is 18.6 Å². The molecule has 0 aliphatic carbocycles. The van der Waals surface area contributed by atoms with E-state index in [1.54, 1.807) is 6.20 Å². The second-order valence-electron chi connectivity index (χ2n) is 10.9. The number of rotatable bonds is 5. The molecule has 5 rings (SSSR count). The maximum atomic E-state index is 13.1. The minimum absolute atomic E-state index is 0.0709. The third-order valence-corrected chi connectivity index (χ3v) is 9.55. The Labute approximate surface area is 269 Å². The van der Waals surface area contributed by atoms with Crippen LogP contribution in [0.15, 0.2) is 48.7 Å². The van der Waals surface area contributed by atoms with E-state index in [2.05, 4.69) is 38.1 Å². The Morgan fingerprint density at radius 3 is 2.41 bits per heavy atom. The second kappa shape index (κ2) is 14.6. The Hall–Kier alpha value is -3.99. The van der Waals surface area contributed by atoms with E-state index in [4.69, 9.17) is 21.5 Å². The zero-order chi connectivity index (χ0) is 33.6. The molecule has 0 radical (unpaired) electrons. The highest BCUT2D eigenvalue weighted by molar-refractivity contribution is 7.86. The minimum atomic E-state index is -5.08. The van der Waals surface area contributed by atoms with Gasteiger partial charge in [0.1, 0.15) is 5.02 Å². The highest BCUT2D eigenvalue weighted by Crippen LogP contribution is 2.30. The Morgan fingerprint density at radius 1 is 1.09 bits per heavy atom. The first-order chi connectivity index (χ1) is 21.6. The van der Waals surface area contributed by atoms with Gasteiger partial charge in [-0.1, -0.05) is 23.7 Å². The van der Waals surface area contributed by atoms with Crippen molar-refractivity contribution in [3.63, 3.8) is 0 Å². The van der Waals surface area contributed by atoms with Crippen molar-refractivity contribution in [2.24, 2.45) is 5.92 Å². The number of alkyl halides is 3. The fourth-order valence-corrected chi connectivity index (χ4v) is 6.18. The van der Waals surface area contributed by atoms with Crippen molar-refractivity contribution in [3.8, 4) is 0 Å². The average molecular weight is 684 g/mol. The van der Waals surface area contributed by atoms with E-state index < -0.39 is 22.4 Å². The predicted molar refractivity (Wildman–Crippen MR) is 168 cm³/mol. The average Bonchev–Trinajstić information content (AvgIpc) is 2.99. The number of carbonyl (C=O) groups is 2. The first-order valence-corrected chi connectivity index (χ1v) is 16.0. The van der Waals surface area contributed by atoms with Crippen LogP contribution < -0.4 is 16.0 Å². The summed E-state index contributed by atoms with van der Waals surface area (Å²) < 4.78 is 59.2. The van der Waals surface area contributed by atoms with Crippen LogP contribution in [0, 0.1) is 5.92 Å². The van der Waals surface area contributed by atoms with Crippen LogP contribution in [-0.2, 0) is 32.6 Å². The summed E-state index contributed by atoms with van der Waals surface area (Å²) in [5.74, 6) is -1.78. The molecule has 17 heteroatoms. The summed E-state index contributed by atoms with van der Waals surface area (Å²) in [6.45, 7) is 0.844. The number of aliphatic carboxylic acids is 1.